The minimum atomic E-state index is -5.08. The van der Waals surface area contributed by atoms with Gasteiger partial charge in [-0.2, -0.15) is 25.9 Å². The number of hydrogen-bond donors (Lipinski definition) is 3. The highest BCUT2D eigenvalue weighted by Gasteiger charge is 2.38. The van der Waals surface area contributed by atoms with Gasteiger partial charge in [-0.15, -0.1) is 0 Å². The fraction of sp³-hybridized carbons (Fsp3) is 0.889. The molecule has 2 aliphatic heterocycles. The first kappa shape index (κ1) is 18.1. The van der Waals surface area contributed by atoms with Crippen LogP contribution in [0.4, 0.5) is 13.2 Å². The van der Waals surface area contributed by atoms with Crippen molar-refractivity contribution in [3.8, 4) is 0 Å². The van der Waals surface area contributed by atoms with Gasteiger partial charge in [0.2, 0.25) is 0 Å². The van der Waals surface area contributed by atoms with Gasteiger partial charge < -0.3 is 10.4 Å². The van der Waals surface area contributed by atoms with Crippen LogP contribution in [0.2, 0.25) is 0 Å². The summed E-state index contributed by atoms with van der Waals surface area (Å²) in [6.07, 6.45) is -5.08. The van der Waals surface area contributed by atoms with Gasteiger partial charge in [0.25, 0.3) is 10.2 Å². The highest BCUT2D eigenvalue weighted by atomic mass is 32.2. The molecule has 2 heterocycles. The van der Waals surface area contributed by atoms with Crippen LogP contribution in [0, 0.1) is 0 Å². The minimum Gasteiger partial charge on any atom is -0.475 e. The summed E-state index contributed by atoms with van der Waals surface area (Å²) in [6.45, 7) is 4.68. The molecule has 2 saturated heterocycles. The molecule has 0 aromatic heterocycles. The maximum Gasteiger partial charge on any atom is 0.490 e. The molecule has 0 aromatic carbocycles. The molecule has 0 saturated carbocycles. The molecule has 8 nitrogen and oxygen atoms in total. The van der Waals surface area contributed by atoms with E-state index in [-0.39, 0.29) is 0 Å². The second-order valence-electron chi connectivity index (χ2n) is 4.59. The van der Waals surface area contributed by atoms with Crippen molar-refractivity contribution in [1.29, 1.82) is 0 Å². The maximum atomic E-state index is 11.0. The highest BCUT2D eigenvalue weighted by Crippen LogP contribution is 2.13. The van der Waals surface area contributed by atoms with Crippen molar-refractivity contribution >= 4 is 16.2 Å². The largest absolute Gasteiger partial charge is 0.490 e. The molecular weight excluding hydrogens is 317 g/mol. The number of hydrogen-bond acceptors (Lipinski definition) is 5. The van der Waals surface area contributed by atoms with Crippen LogP contribution in [0.25, 0.3) is 0 Å². The third-order valence-electron chi connectivity index (χ3n) is 3.15. The Labute approximate surface area is 119 Å². The summed E-state index contributed by atoms with van der Waals surface area (Å²) in [4.78, 5) is 11.2. The van der Waals surface area contributed by atoms with Gasteiger partial charge in [-0.05, 0) is 0 Å². The maximum absolute atomic E-state index is 11.0. The summed E-state index contributed by atoms with van der Waals surface area (Å²) < 4.78 is 55.1. The van der Waals surface area contributed by atoms with Crippen LogP contribution in [-0.2, 0) is 15.0 Å². The van der Waals surface area contributed by atoms with Crippen molar-refractivity contribution in [3.63, 3.8) is 0 Å². The molecule has 4 N–H and O–H groups in total. The number of nitrogens with zero attached hydrogens (tertiary/aromatic N) is 2. The van der Waals surface area contributed by atoms with Gasteiger partial charge in [-0.1, -0.05) is 0 Å². The van der Waals surface area contributed by atoms with E-state index in [1.54, 1.807) is 0 Å². The molecule has 124 valence electrons. The Kier molecular flexibility index (Phi) is 5.92. The number of alkyl halides is 3. The lowest BCUT2D eigenvalue weighted by molar-refractivity contribution is -0.192. The van der Waals surface area contributed by atoms with Crippen molar-refractivity contribution < 1.29 is 31.5 Å². The average Bonchev–Trinajstić information content (AvgIpc) is 2.25. The Morgan fingerprint density at radius 3 is 1.86 bits per heavy atom. The van der Waals surface area contributed by atoms with Crippen molar-refractivity contribution in [2.24, 2.45) is 5.14 Å². The first-order valence-corrected chi connectivity index (χ1v) is 7.55. The molecule has 2 fully saturated rings. The average molecular weight is 334 g/mol. The minimum absolute atomic E-state index is 0.523. The number of carboxylic acids is 1. The summed E-state index contributed by atoms with van der Waals surface area (Å²) in [7, 11) is -3.47. The molecule has 2 rings (SSSR count). The number of nitrogens with two attached hydrogens (primary N) is 1. The molecule has 2 aliphatic rings. The Hall–Kier alpha value is -0.950. The zero-order valence-corrected chi connectivity index (χ0v) is 11.8. The number of carboxylic acid groups (broad SMARTS) is 1. The Balaban J connectivity index is 0.000000270. The molecule has 0 unspecified atom stereocenters. The Bertz CT molecular complexity index is 458. The summed E-state index contributed by atoms with van der Waals surface area (Å²) in [5, 5.41) is 15.4. The molecule has 0 radical (unpaired) electrons. The lowest BCUT2D eigenvalue weighted by Gasteiger charge is -2.42. The van der Waals surface area contributed by atoms with Gasteiger partial charge in [-0.3, -0.25) is 4.90 Å². The fourth-order valence-corrected chi connectivity index (χ4v) is 2.53. The van der Waals surface area contributed by atoms with Crippen LogP contribution < -0.4 is 10.5 Å². The second kappa shape index (κ2) is 6.87. The van der Waals surface area contributed by atoms with Gasteiger partial charge in [0.05, 0.1) is 0 Å². The normalized spacial score (nSPS) is 22.1. The van der Waals surface area contributed by atoms with Gasteiger partial charge in [-0.25, -0.2) is 9.93 Å². The van der Waals surface area contributed by atoms with Gasteiger partial charge in [0.1, 0.15) is 0 Å². The van der Waals surface area contributed by atoms with Crippen LogP contribution in [0.3, 0.4) is 0 Å². The molecule has 0 aliphatic carbocycles. The van der Waals surface area contributed by atoms with Crippen molar-refractivity contribution in [2.45, 2.75) is 12.2 Å². The first-order chi connectivity index (χ1) is 9.51. The van der Waals surface area contributed by atoms with Gasteiger partial charge in [0, 0.05) is 45.3 Å². The summed E-state index contributed by atoms with van der Waals surface area (Å²) in [6, 6.07) is 0.595. The van der Waals surface area contributed by atoms with Crippen LogP contribution >= 0.6 is 0 Å². The molecule has 12 heteroatoms. The fourth-order valence-electron chi connectivity index (χ4n) is 1.85. The predicted molar refractivity (Wildman–Crippen MR) is 66.6 cm³/mol. The van der Waals surface area contributed by atoms with Gasteiger partial charge in [0.15, 0.2) is 0 Å². The summed E-state index contributed by atoms with van der Waals surface area (Å²) >= 11 is 0. The van der Waals surface area contributed by atoms with Crippen LogP contribution in [0.5, 0.6) is 0 Å². The Morgan fingerprint density at radius 1 is 1.19 bits per heavy atom. The molecule has 0 amide bonds. The monoisotopic (exact) mass is 334 g/mol. The number of halogens is 3. The number of carbonyl (C=O) groups is 1. The van der Waals surface area contributed by atoms with E-state index >= 15 is 0 Å². The molecule has 0 spiro atoms. The zero-order chi connectivity index (χ0) is 16.3. The SMILES string of the molecule is NS(=O)(=O)N1CCN(C2CNC2)CC1.O=C(O)C(F)(F)F. The number of piperazine rings is 1. The van der Waals surface area contributed by atoms with Crippen molar-refractivity contribution in [1.82, 2.24) is 14.5 Å². The topological polar surface area (TPSA) is 116 Å². The predicted octanol–water partition coefficient (Wildman–Crippen LogP) is -1.59. The zero-order valence-electron chi connectivity index (χ0n) is 11.0. The summed E-state index contributed by atoms with van der Waals surface area (Å²) in [5.41, 5.74) is 0. The van der Waals surface area contributed by atoms with Gasteiger partial charge >= 0.3 is 12.1 Å². The molecule has 21 heavy (non-hydrogen) atoms. The molecule has 0 aromatic rings. The smallest absolute Gasteiger partial charge is 0.475 e. The van der Waals surface area contributed by atoms with E-state index < -0.39 is 22.4 Å². The highest BCUT2D eigenvalue weighted by molar-refractivity contribution is 7.86. The lowest BCUT2D eigenvalue weighted by Crippen LogP contribution is -2.62. The second-order valence-corrected chi connectivity index (χ2v) is 6.14. The third-order valence-corrected chi connectivity index (χ3v) is 4.24. The Morgan fingerprint density at radius 2 is 1.62 bits per heavy atom. The van der Waals surface area contributed by atoms with E-state index in [1.807, 2.05) is 0 Å². The van der Waals surface area contributed by atoms with E-state index in [1.165, 1.54) is 4.31 Å². The van der Waals surface area contributed by atoms with E-state index in [4.69, 9.17) is 15.0 Å². The van der Waals surface area contributed by atoms with Crippen LogP contribution in [0.15, 0.2) is 0 Å². The number of nitrogens with one attached hydrogen (secondary N) is 1. The van der Waals surface area contributed by atoms with Crippen LogP contribution in [-0.4, -0.2) is 80.2 Å². The quantitative estimate of drug-likeness (QED) is 0.561. The number of aliphatic carboxylic acids is 1. The lowest BCUT2D eigenvalue weighted by atomic mass is 10.1. The third kappa shape index (κ3) is 5.74. The van der Waals surface area contributed by atoms with Crippen LogP contribution in [0.1, 0.15) is 0 Å². The van der Waals surface area contributed by atoms with E-state index in [0.29, 0.717) is 19.1 Å². The van der Waals surface area contributed by atoms with E-state index in [0.717, 1.165) is 26.2 Å². The molecule has 0 bridgehead atoms. The molecular formula is C9H17F3N4O4S. The van der Waals surface area contributed by atoms with E-state index in [2.05, 4.69) is 10.2 Å². The molecule has 0 atom stereocenters. The van der Waals surface area contributed by atoms with E-state index in [9.17, 15) is 21.6 Å². The van der Waals surface area contributed by atoms with Crippen molar-refractivity contribution in [3.05, 3.63) is 0 Å². The first-order valence-electron chi connectivity index (χ1n) is 6.04. The number of rotatable bonds is 2. The summed E-state index contributed by atoms with van der Waals surface area (Å²) in [5.74, 6) is -2.76. The standard InChI is InChI=1S/C7H16N4O2S.C2HF3O2/c8-14(12,13)11-3-1-10(2-4-11)7-5-9-6-7;3-2(4,5)1(6)7/h7,9H,1-6H2,(H2,8,12,13);(H,6,7). The van der Waals surface area contributed by atoms with Crippen molar-refractivity contribution in [2.75, 3.05) is 39.3 Å².